The second kappa shape index (κ2) is 22.8. The average molecular weight is 469 g/mol. The number of hydrogen-bond donors (Lipinski definition) is 4. The molecule has 173 valence electrons. The van der Waals surface area contributed by atoms with E-state index < -0.39 is 0 Å². The van der Waals surface area contributed by atoms with Crippen LogP contribution in [-0.4, -0.2) is 61.4 Å². The fraction of sp³-hybridized carbons (Fsp3) is 0.474. The largest absolute Gasteiger partial charge is 0.411 e. The van der Waals surface area contributed by atoms with Gasteiger partial charge in [-0.05, 0) is 46.2 Å². The fourth-order valence-corrected chi connectivity index (χ4v) is 1.41. The van der Waals surface area contributed by atoms with Crippen molar-refractivity contribution in [3.05, 3.63) is 37.5 Å². The molecule has 1 saturated heterocycles. The molecule has 0 amide bonds. The molecule has 0 aromatic carbocycles. The number of rotatable bonds is 2. The van der Waals surface area contributed by atoms with E-state index in [0.29, 0.717) is 22.8 Å². The predicted molar refractivity (Wildman–Crippen MR) is 113 cm³/mol. The van der Waals surface area contributed by atoms with Gasteiger partial charge in [-0.1, -0.05) is 45.6 Å². The van der Waals surface area contributed by atoms with E-state index in [4.69, 9.17) is 25.6 Å². The minimum atomic E-state index is 0. The Kier molecular flexibility index (Phi) is 24.4. The molecule has 2 rings (SSSR count). The summed E-state index contributed by atoms with van der Waals surface area (Å²) in [4.78, 5) is 3.78. The van der Waals surface area contributed by atoms with E-state index in [1.807, 2.05) is 18.2 Å². The second-order valence-corrected chi connectivity index (χ2v) is 5.75. The minimum Gasteiger partial charge on any atom is -0.411 e. The Morgan fingerprint density at radius 3 is 1.33 bits per heavy atom. The van der Waals surface area contributed by atoms with Crippen LogP contribution in [0.15, 0.2) is 51.2 Å². The summed E-state index contributed by atoms with van der Waals surface area (Å²) in [6.45, 7) is 10.8. The summed E-state index contributed by atoms with van der Waals surface area (Å²) in [6, 6.07) is 5.72. The molecule has 1 aliphatic heterocycles. The number of aromatic nitrogens is 1. The Bertz CT molecular complexity index is 543. The Morgan fingerprint density at radius 1 is 0.800 bits per heavy atom. The van der Waals surface area contributed by atoms with Crippen LogP contribution in [0.2, 0.25) is 0 Å². The van der Waals surface area contributed by atoms with Crippen LogP contribution < -0.4 is 0 Å². The summed E-state index contributed by atoms with van der Waals surface area (Å²) < 4.78 is 5.17. The van der Waals surface area contributed by atoms with Crippen LogP contribution >= 0.6 is 0 Å². The molecule has 4 N–H and O–H groups in total. The summed E-state index contributed by atoms with van der Waals surface area (Å²) >= 11 is 0. The predicted octanol–water partition coefficient (Wildman–Crippen LogP) is 3.84. The maximum absolute atomic E-state index is 8.03. The van der Waals surface area contributed by atoms with Crippen molar-refractivity contribution in [1.82, 2.24) is 4.98 Å². The molecule has 1 unspecified atom stereocenters. The van der Waals surface area contributed by atoms with Crippen LogP contribution in [0.4, 0.5) is 0 Å². The normalized spacial score (nSPS) is 16.9. The molecule has 0 saturated carbocycles. The number of nitrogens with zero attached hydrogens (tertiary/aromatic N) is 5. The number of ether oxygens (including phenoxy) is 1. The van der Waals surface area contributed by atoms with Crippen LogP contribution in [0.1, 0.15) is 47.0 Å². The van der Waals surface area contributed by atoms with Gasteiger partial charge in [0.25, 0.3) is 0 Å². The van der Waals surface area contributed by atoms with Crippen LogP contribution in [0.5, 0.6) is 0 Å². The Morgan fingerprint density at radius 2 is 1.20 bits per heavy atom. The third kappa shape index (κ3) is 20.2. The van der Waals surface area contributed by atoms with E-state index >= 15 is 0 Å². The number of oxime groups is 4. The summed E-state index contributed by atoms with van der Waals surface area (Å²) in [7, 11) is 0. The Hall–Kier alpha value is -2.50. The van der Waals surface area contributed by atoms with Gasteiger partial charge in [-0.2, -0.15) is 0 Å². The van der Waals surface area contributed by atoms with E-state index in [9.17, 15) is 0 Å². The zero-order valence-corrected chi connectivity index (χ0v) is 18.8. The number of pyridine rings is 1. The summed E-state index contributed by atoms with van der Waals surface area (Å²) in [5, 5.41) is 43.3. The van der Waals surface area contributed by atoms with Crippen molar-refractivity contribution in [2.24, 2.45) is 20.6 Å². The van der Waals surface area contributed by atoms with Crippen molar-refractivity contribution in [2.45, 2.75) is 53.1 Å². The first-order valence-electron chi connectivity index (χ1n) is 8.89. The van der Waals surface area contributed by atoms with Gasteiger partial charge in [0.05, 0.1) is 0 Å². The van der Waals surface area contributed by atoms with Crippen molar-refractivity contribution < 1.29 is 42.3 Å². The Labute approximate surface area is 188 Å². The van der Waals surface area contributed by atoms with E-state index in [-0.39, 0.29) is 22.9 Å². The molecule has 11 heteroatoms. The molecule has 0 spiro atoms. The van der Waals surface area contributed by atoms with Crippen molar-refractivity contribution in [1.29, 1.82) is 0 Å². The molecular weight excluding hydrogens is 437 g/mol. The summed E-state index contributed by atoms with van der Waals surface area (Å²) in [5.74, 6) is 0. The molecule has 0 aliphatic carbocycles. The van der Waals surface area contributed by atoms with Crippen molar-refractivity contribution in [3.63, 3.8) is 0 Å². The van der Waals surface area contributed by atoms with Gasteiger partial charge in [-0.3, -0.25) is 4.98 Å². The van der Waals surface area contributed by atoms with Crippen molar-refractivity contribution in [3.8, 4) is 0 Å². The molecule has 2 heterocycles. The van der Waals surface area contributed by atoms with Gasteiger partial charge < -0.3 is 32.5 Å². The topological polar surface area (TPSA) is 152 Å². The first kappa shape index (κ1) is 32.2. The van der Waals surface area contributed by atoms with Gasteiger partial charge in [0.1, 0.15) is 22.8 Å². The molecule has 10 nitrogen and oxygen atoms in total. The van der Waals surface area contributed by atoms with E-state index in [2.05, 4.69) is 32.5 Å². The molecule has 1 aromatic rings. The third-order valence-corrected chi connectivity index (χ3v) is 3.49. The molecule has 1 radical (unpaired) electrons. The second-order valence-electron chi connectivity index (χ2n) is 5.75. The smallest absolute Gasteiger partial charge is 0.101 e. The van der Waals surface area contributed by atoms with Gasteiger partial charge in [-0.15, -0.1) is 0 Å². The van der Waals surface area contributed by atoms with Gasteiger partial charge in [-0.25, -0.2) is 0 Å². The van der Waals surface area contributed by atoms with Crippen LogP contribution in [-0.2, 0) is 21.5 Å². The molecular formula is C19H32CoN5O5-. The Balaban J connectivity index is -0.000000321. The molecule has 0 bridgehead atoms. The average Bonchev–Trinajstić information content (AvgIpc) is 2.79. The quantitative estimate of drug-likeness (QED) is 0.223. The van der Waals surface area contributed by atoms with Crippen LogP contribution in [0.3, 0.4) is 0 Å². The van der Waals surface area contributed by atoms with Gasteiger partial charge in [0, 0.05) is 35.8 Å². The number of hydrogen-bond acceptors (Lipinski definition) is 10. The standard InChI is InChI=1S/C6H11O.C5H5N.2C4H8N2O2.Co/c1-6-4-2-3-5-7-6;1-2-4-6-5-3-1;2*1-3(5-7)4(2)6-8;/h6H,1-5H2;1-5H;2*7-8H,1-2H3;/q-1;;;;/b;;2*5-3+,6-4+;. The van der Waals surface area contributed by atoms with Gasteiger partial charge in [0.15, 0.2) is 0 Å². The van der Waals surface area contributed by atoms with Crippen LogP contribution in [0.25, 0.3) is 0 Å². The zero-order valence-electron chi connectivity index (χ0n) is 17.8. The molecule has 1 fully saturated rings. The first-order chi connectivity index (χ1) is 13.8. The summed E-state index contributed by atoms with van der Waals surface area (Å²) in [5.41, 5.74) is 1.25. The van der Waals surface area contributed by atoms with Gasteiger partial charge in [0.2, 0.25) is 0 Å². The molecule has 1 aromatic heterocycles. The zero-order chi connectivity index (χ0) is 22.5. The first-order valence-corrected chi connectivity index (χ1v) is 8.89. The van der Waals surface area contributed by atoms with E-state index in [1.165, 1.54) is 40.5 Å². The summed E-state index contributed by atoms with van der Waals surface area (Å²) in [6.07, 6.45) is 7.47. The third-order valence-electron chi connectivity index (χ3n) is 3.49. The van der Waals surface area contributed by atoms with E-state index in [0.717, 1.165) is 13.0 Å². The van der Waals surface area contributed by atoms with Gasteiger partial charge >= 0.3 is 0 Å². The maximum atomic E-state index is 8.03. The maximum Gasteiger partial charge on any atom is 0.101 e. The van der Waals surface area contributed by atoms with E-state index in [1.54, 1.807) is 12.4 Å². The molecule has 1 aliphatic rings. The SMILES string of the molecule is CC(=N\O)/C(C)=N/O.CC(=N\O)/C(C)=N/O.[CH2-]C1CCCCO1.[Co].c1ccncc1. The molecule has 1 atom stereocenters. The minimum absolute atomic E-state index is 0. The fourth-order valence-electron chi connectivity index (χ4n) is 1.41. The van der Waals surface area contributed by atoms with Crippen LogP contribution in [0, 0.1) is 6.92 Å². The van der Waals surface area contributed by atoms with Crippen molar-refractivity contribution >= 4 is 22.8 Å². The monoisotopic (exact) mass is 469 g/mol. The van der Waals surface area contributed by atoms with Crippen molar-refractivity contribution in [2.75, 3.05) is 6.61 Å². The molecule has 30 heavy (non-hydrogen) atoms.